The number of Topliss-reactive ketones (excluding diaryl/α,β-unsaturated/α-hetero) is 2. The van der Waals surface area contributed by atoms with Crippen molar-refractivity contribution in [1.29, 1.82) is 5.26 Å². The highest BCUT2D eigenvalue weighted by Crippen LogP contribution is 2.75. The van der Waals surface area contributed by atoms with E-state index in [1.165, 1.54) is 7.11 Å². The number of nitriles is 1. The van der Waals surface area contributed by atoms with Crippen LogP contribution in [0.25, 0.3) is 0 Å². The molecule has 4 fully saturated rings. The van der Waals surface area contributed by atoms with Gasteiger partial charge in [-0.2, -0.15) is 5.26 Å². The van der Waals surface area contributed by atoms with Gasteiger partial charge in [0.2, 0.25) is 5.91 Å². The molecule has 0 radical (unpaired) electrons. The average Bonchev–Trinajstić information content (AvgIpc) is 2.82. The van der Waals surface area contributed by atoms with E-state index in [0.717, 1.165) is 44.9 Å². The van der Waals surface area contributed by atoms with Gasteiger partial charge in [0.25, 0.3) is 0 Å². The molecule has 0 aromatic rings. The fourth-order valence-electron chi connectivity index (χ4n) is 10.9. The zero-order valence-electron chi connectivity index (χ0n) is 24.6. The van der Waals surface area contributed by atoms with Crippen LogP contribution in [0.2, 0.25) is 0 Å². The molecule has 1 amide bonds. The Morgan fingerprint density at radius 3 is 2.26 bits per heavy atom. The number of allylic oxidation sites excluding steroid dienone is 2. The largest absolute Gasteiger partial charge is 0.299 e. The number of amides is 1. The molecule has 5 rings (SSSR count). The molecule has 1 N–H and O–H groups in total. The number of carbonyl (C=O) groups excluding carboxylic acids is 3. The quantitative estimate of drug-likeness (QED) is 0.451. The number of fused-ring (bicyclic) bond motifs is 7. The molecule has 0 bridgehead atoms. The monoisotopic (exact) mass is 522 g/mol. The molecule has 38 heavy (non-hydrogen) atoms. The van der Waals surface area contributed by atoms with Crippen LogP contribution in [0.3, 0.4) is 0 Å². The van der Waals surface area contributed by atoms with Crippen LogP contribution in [0.4, 0.5) is 0 Å². The Morgan fingerprint density at radius 2 is 1.63 bits per heavy atom. The predicted molar refractivity (Wildman–Crippen MR) is 144 cm³/mol. The van der Waals surface area contributed by atoms with Gasteiger partial charge < -0.3 is 0 Å². The molecule has 208 valence electrons. The van der Waals surface area contributed by atoms with E-state index < -0.39 is 16.2 Å². The maximum absolute atomic E-state index is 14.5. The van der Waals surface area contributed by atoms with Crippen LogP contribution >= 0.6 is 0 Å². The lowest BCUT2D eigenvalue weighted by Crippen LogP contribution is -2.69. The summed E-state index contributed by atoms with van der Waals surface area (Å²) in [5.74, 6) is 0.0868. The fraction of sp³-hybridized carbons (Fsp3) is 0.812. The lowest BCUT2D eigenvalue weighted by molar-refractivity contribution is -0.223. The highest BCUT2D eigenvalue weighted by atomic mass is 16.6. The molecule has 4 saturated carbocycles. The van der Waals surface area contributed by atoms with Gasteiger partial charge in [0.15, 0.2) is 5.78 Å². The number of nitrogens with zero attached hydrogens (tertiary/aromatic N) is 1. The molecule has 0 aromatic heterocycles. The highest BCUT2D eigenvalue weighted by molar-refractivity contribution is 6.04. The Labute approximate surface area is 228 Å². The molecule has 6 heteroatoms. The van der Waals surface area contributed by atoms with Gasteiger partial charge in [-0.15, -0.1) is 0 Å². The minimum Gasteiger partial charge on any atom is -0.299 e. The summed E-state index contributed by atoms with van der Waals surface area (Å²) in [7, 11) is 1.49. The number of hydrogen-bond donors (Lipinski definition) is 1. The van der Waals surface area contributed by atoms with Crippen molar-refractivity contribution in [1.82, 2.24) is 5.48 Å². The second-order valence-electron chi connectivity index (χ2n) is 15.5. The molecule has 0 saturated heterocycles. The van der Waals surface area contributed by atoms with Crippen LogP contribution in [0.5, 0.6) is 0 Å². The van der Waals surface area contributed by atoms with E-state index >= 15 is 0 Å². The lowest BCUT2D eigenvalue weighted by atomic mass is 9.31. The number of rotatable bonds is 2. The summed E-state index contributed by atoms with van der Waals surface area (Å²) in [4.78, 5) is 46.5. The van der Waals surface area contributed by atoms with Crippen molar-refractivity contribution < 1.29 is 19.2 Å². The van der Waals surface area contributed by atoms with Gasteiger partial charge in [0, 0.05) is 17.8 Å². The molecular formula is C32H46N2O4. The third-order valence-electron chi connectivity index (χ3n) is 13.1. The maximum atomic E-state index is 14.5. The summed E-state index contributed by atoms with van der Waals surface area (Å²) >= 11 is 0. The predicted octanol–water partition coefficient (Wildman–Crippen LogP) is 5.96. The maximum Gasteiger partial charge on any atom is 0.250 e. The van der Waals surface area contributed by atoms with Gasteiger partial charge in [-0.05, 0) is 84.4 Å². The zero-order chi connectivity index (χ0) is 28.1. The average molecular weight is 523 g/mol. The minimum atomic E-state index is -0.635. The van der Waals surface area contributed by atoms with Crippen molar-refractivity contribution in [2.24, 2.45) is 56.2 Å². The van der Waals surface area contributed by atoms with E-state index in [9.17, 15) is 19.6 Å². The molecule has 0 aliphatic heterocycles. The summed E-state index contributed by atoms with van der Waals surface area (Å²) in [6.07, 6.45) is 8.44. The van der Waals surface area contributed by atoms with Gasteiger partial charge in [-0.3, -0.25) is 19.2 Å². The number of carbonyl (C=O) groups is 3. The van der Waals surface area contributed by atoms with Crippen LogP contribution in [0.1, 0.15) is 99.8 Å². The van der Waals surface area contributed by atoms with Crippen molar-refractivity contribution in [2.45, 2.75) is 99.8 Å². The normalized spacial score (nSPS) is 46.9. The Bertz CT molecular complexity index is 1160. The van der Waals surface area contributed by atoms with E-state index in [1.54, 1.807) is 0 Å². The van der Waals surface area contributed by atoms with Gasteiger partial charge in [-0.1, -0.05) is 54.5 Å². The molecule has 0 spiro atoms. The molecule has 2 unspecified atom stereocenters. The topological polar surface area (TPSA) is 96.3 Å². The second kappa shape index (κ2) is 8.26. The first kappa shape index (κ1) is 27.6. The number of nitrogens with one attached hydrogen (secondary N) is 1. The fourth-order valence-corrected chi connectivity index (χ4v) is 10.9. The van der Waals surface area contributed by atoms with Crippen LogP contribution in [0, 0.1) is 67.5 Å². The number of hydrogen-bond acceptors (Lipinski definition) is 5. The Morgan fingerprint density at radius 1 is 0.974 bits per heavy atom. The molecule has 5 aliphatic rings. The SMILES string of the molecule is CONC(=O)[C@]12CCC(C)(C)CC1C1C(=O)C[C@@H]3[C@@]4(C)C=C(C#N)C(=O)C(C)(C)[C@@H]4CC[C@@]3(C)[C@]1(C)CC2. The van der Waals surface area contributed by atoms with E-state index in [4.69, 9.17) is 4.84 Å². The molecule has 6 nitrogen and oxygen atoms in total. The van der Waals surface area contributed by atoms with E-state index in [-0.39, 0.29) is 63.0 Å². The van der Waals surface area contributed by atoms with Crippen molar-refractivity contribution in [2.75, 3.05) is 7.11 Å². The number of ketones is 2. The second-order valence-corrected chi connectivity index (χ2v) is 15.5. The van der Waals surface area contributed by atoms with Crippen molar-refractivity contribution in [3.8, 4) is 6.07 Å². The number of hydroxylamine groups is 1. The van der Waals surface area contributed by atoms with Gasteiger partial charge >= 0.3 is 0 Å². The van der Waals surface area contributed by atoms with Gasteiger partial charge in [0.05, 0.1) is 18.1 Å². The Hall–Kier alpha value is -2.00. The minimum absolute atomic E-state index is 0.0226. The highest BCUT2D eigenvalue weighted by Gasteiger charge is 2.73. The summed E-state index contributed by atoms with van der Waals surface area (Å²) < 4.78 is 0. The van der Waals surface area contributed by atoms with E-state index in [2.05, 4.69) is 46.2 Å². The first-order valence-electron chi connectivity index (χ1n) is 14.6. The van der Waals surface area contributed by atoms with Crippen molar-refractivity contribution in [3.63, 3.8) is 0 Å². The third-order valence-corrected chi connectivity index (χ3v) is 13.1. The first-order valence-corrected chi connectivity index (χ1v) is 14.6. The molecular weight excluding hydrogens is 476 g/mol. The standard InChI is InChI=1S/C32H46N2O4/c1-27(2)11-13-32(26(37)34-38-8)14-12-31(7)24(20(32)17-27)21(35)15-23-29(5)16-19(18-33)25(36)28(3,4)22(29)9-10-30(23,31)6/h16,20,22-24H,9-15,17H2,1-8H3,(H,34,37)/t20?,22-,23+,24?,29-,30+,31+,32-/m0/s1. The van der Waals surface area contributed by atoms with Crippen LogP contribution < -0.4 is 5.48 Å². The lowest BCUT2D eigenvalue weighted by Gasteiger charge is -2.71. The summed E-state index contributed by atoms with van der Waals surface area (Å²) in [5.41, 5.74) is 0.963. The van der Waals surface area contributed by atoms with Gasteiger partial charge in [0.1, 0.15) is 11.9 Å². The van der Waals surface area contributed by atoms with Crippen molar-refractivity contribution >= 4 is 17.5 Å². The third kappa shape index (κ3) is 3.30. The first-order chi connectivity index (χ1) is 17.5. The molecule has 5 aliphatic carbocycles. The molecule has 0 heterocycles. The van der Waals surface area contributed by atoms with Crippen LogP contribution in [0.15, 0.2) is 11.6 Å². The zero-order valence-corrected chi connectivity index (χ0v) is 24.6. The van der Waals surface area contributed by atoms with E-state index in [1.807, 2.05) is 19.9 Å². The summed E-state index contributed by atoms with van der Waals surface area (Å²) in [6, 6.07) is 2.20. The molecule has 8 atom stereocenters. The van der Waals surface area contributed by atoms with E-state index in [0.29, 0.717) is 6.42 Å². The smallest absolute Gasteiger partial charge is 0.250 e. The Balaban J connectivity index is 1.63. The van der Waals surface area contributed by atoms with Crippen LogP contribution in [-0.2, 0) is 19.2 Å². The summed E-state index contributed by atoms with van der Waals surface area (Å²) in [5, 5.41) is 9.90. The Kier molecular flexibility index (Phi) is 5.99. The van der Waals surface area contributed by atoms with Gasteiger partial charge in [-0.25, -0.2) is 5.48 Å². The van der Waals surface area contributed by atoms with Crippen LogP contribution in [-0.4, -0.2) is 24.6 Å². The summed E-state index contributed by atoms with van der Waals surface area (Å²) in [6.45, 7) is 15.5. The molecule has 0 aromatic carbocycles. The van der Waals surface area contributed by atoms with Crippen molar-refractivity contribution in [3.05, 3.63) is 11.6 Å².